The molecule has 0 aromatic carbocycles. The Morgan fingerprint density at radius 2 is 0.847 bits per heavy atom. The van der Waals surface area contributed by atoms with Gasteiger partial charge < -0.3 is 18.9 Å². The number of nitrogens with zero attached hydrogens (tertiary/aromatic N) is 1. The van der Waals surface area contributed by atoms with Gasteiger partial charge in [-0.1, -0.05) is 185 Å². The third-order valence-electron chi connectivity index (χ3n) is 13.8. The van der Waals surface area contributed by atoms with Crippen molar-refractivity contribution >= 4 is 7.82 Å². The van der Waals surface area contributed by atoms with Gasteiger partial charge in [0.1, 0.15) is 19.3 Å². The van der Waals surface area contributed by atoms with Crippen LogP contribution in [0.25, 0.3) is 0 Å². The van der Waals surface area contributed by atoms with Crippen LogP contribution in [-0.2, 0) is 23.1 Å². The number of quaternary nitrogens is 1. The molecule has 1 saturated heterocycles. The lowest BCUT2D eigenvalue weighted by Gasteiger charge is -2.37. The van der Waals surface area contributed by atoms with Crippen LogP contribution in [0.1, 0.15) is 217 Å². The lowest BCUT2D eigenvalue weighted by molar-refractivity contribution is -0.914. The van der Waals surface area contributed by atoms with E-state index >= 15 is 0 Å². The van der Waals surface area contributed by atoms with Gasteiger partial charge in [-0.3, -0.25) is 9.05 Å². The Kier molecular flexibility index (Phi) is 33.2. The highest BCUT2D eigenvalue weighted by Gasteiger charge is 2.29. The Labute approximate surface area is 369 Å². The highest BCUT2D eigenvalue weighted by Crippen LogP contribution is 2.43. The maximum absolute atomic E-state index is 12.9. The van der Waals surface area contributed by atoms with E-state index in [-0.39, 0.29) is 13.2 Å². The fourth-order valence-corrected chi connectivity index (χ4v) is 9.79. The standard InChI is InChI=1S/C51H104NO6P/c1-43(2)21-15-23-45(5)25-17-27-47(7)29-19-31-49(9)33-38-55-41-51(42-58-59(53,54)57-40-37-52(11)35-13-12-14-36-52)56-39-34-50(10)32-20-30-48(8)28-18-26-46(6)24-16-22-44(3)4/h43-51H,12-42H2,1-11H3/p+1. The van der Waals surface area contributed by atoms with Crippen LogP contribution in [0.5, 0.6) is 0 Å². The number of hydrogen-bond acceptors (Lipinski definition) is 5. The van der Waals surface area contributed by atoms with Crippen molar-refractivity contribution in [2.45, 2.75) is 223 Å². The van der Waals surface area contributed by atoms with Crippen molar-refractivity contribution in [3.8, 4) is 0 Å². The molecule has 354 valence electrons. The van der Waals surface area contributed by atoms with E-state index in [2.05, 4.69) is 76.3 Å². The Bertz CT molecular complexity index is 1000. The van der Waals surface area contributed by atoms with Crippen molar-refractivity contribution in [1.29, 1.82) is 0 Å². The summed E-state index contributed by atoms with van der Waals surface area (Å²) in [5.74, 6) is 6.16. The second-order valence-electron chi connectivity index (χ2n) is 21.6. The van der Waals surface area contributed by atoms with E-state index < -0.39 is 13.9 Å². The van der Waals surface area contributed by atoms with Gasteiger partial charge in [0.25, 0.3) is 0 Å². The van der Waals surface area contributed by atoms with Gasteiger partial charge in [0, 0.05) is 13.2 Å². The van der Waals surface area contributed by atoms with Gasteiger partial charge in [-0.15, -0.1) is 0 Å². The molecule has 1 N–H and O–H groups in total. The minimum Gasteiger partial charge on any atom is -0.379 e. The molecule has 7 nitrogen and oxygen atoms in total. The summed E-state index contributed by atoms with van der Waals surface area (Å²) in [7, 11) is -1.97. The van der Waals surface area contributed by atoms with Crippen molar-refractivity contribution in [3.63, 3.8) is 0 Å². The third-order valence-corrected chi connectivity index (χ3v) is 14.7. The highest BCUT2D eigenvalue weighted by atomic mass is 31.2. The van der Waals surface area contributed by atoms with Crippen molar-refractivity contribution in [3.05, 3.63) is 0 Å². The minimum absolute atomic E-state index is 0.00763. The molecule has 1 aliphatic rings. The van der Waals surface area contributed by atoms with Crippen molar-refractivity contribution in [2.24, 2.45) is 47.3 Å². The Morgan fingerprint density at radius 1 is 0.475 bits per heavy atom. The highest BCUT2D eigenvalue weighted by molar-refractivity contribution is 7.47. The number of likely N-dealkylation sites (N-methyl/N-ethyl adjacent to an activating group) is 1. The van der Waals surface area contributed by atoms with E-state index in [1.807, 2.05) is 0 Å². The molecule has 8 unspecified atom stereocenters. The maximum atomic E-state index is 12.9. The van der Waals surface area contributed by atoms with E-state index in [1.54, 1.807) is 0 Å². The van der Waals surface area contributed by atoms with Gasteiger partial charge >= 0.3 is 7.82 Å². The molecule has 8 atom stereocenters. The largest absolute Gasteiger partial charge is 0.472 e. The predicted octanol–water partition coefficient (Wildman–Crippen LogP) is 15.1. The predicted molar refractivity (Wildman–Crippen MR) is 254 cm³/mol. The van der Waals surface area contributed by atoms with Crippen LogP contribution in [-0.4, -0.2) is 75.2 Å². The molecule has 0 aromatic rings. The van der Waals surface area contributed by atoms with Crippen LogP contribution >= 0.6 is 7.82 Å². The van der Waals surface area contributed by atoms with Gasteiger partial charge in [0.05, 0.1) is 33.4 Å². The van der Waals surface area contributed by atoms with E-state index in [0.717, 1.165) is 72.5 Å². The molecule has 0 spiro atoms. The summed E-state index contributed by atoms with van der Waals surface area (Å²) in [6, 6.07) is 0. The van der Waals surface area contributed by atoms with E-state index in [1.165, 1.54) is 135 Å². The van der Waals surface area contributed by atoms with Gasteiger partial charge in [-0.25, -0.2) is 4.57 Å². The topological polar surface area (TPSA) is 74.2 Å². The molecule has 1 fully saturated rings. The van der Waals surface area contributed by atoms with E-state index in [0.29, 0.717) is 31.7 Å². The third kappa shape index (κ3) is 34.1. The molecule has 0 aliphatic carbocycles. The molecule has 1 aliphatic heterocycles. The number of ether oxygens (including phenoxy) is 2. The summed E-state index contributed by atoms with van der Waals surface area (Å²) in [5.41, 5.74) is 0. The van der Waals surface area contributed by atoms with Gasteiger partial charge in [-0.05, 0) is 79.4 Å². The SMILES string of the molecule is CC(C)CCCC(C)CCCC(C)CCCC(C)CCOCC(COP(=O)(O)OCC[N+]1(C)CCCCC1)OCCC(C)CCCC(C)CCCC(C)CCCC(C)C. The number of hydrogen-bond donors (Lipinski definition) is 1. The summed E-state index contributed by atoms with van der Waals surface area (Å²) in [6.07, 6.45) is 29.3. The second-order valence-corrected chi connectivity index (χ2v) is 23.1. The molecule has 0 amide bonds. The first-order chi connectivity index (χ1) is 28.0. The zero-order valence-corrected chi connectivity index (χ0v) is 42.4. The first kappa shape index (κ1) is 57.0. The first-order valence-corrected chi connectivity index (χ1v) is 27.1. The molecule has 1 rings (SSSR count). The van der Waals surface area contributed by atoms with Gasteiger partial charge in [0.2, 0.25) is 0 Å². The normalized spacial score (nSPS) is 19.4. The van der Waals surface area contributed by atoms with Crippen LogP contribution in [0.2, 0.25) is 0 Å². The molecule has 8 heteroatoms. The Hall–Kier alpha value is -0.0100. The Balaban J connectivity index is 2.43. The fourth-order valence-electron chi connectivity index (χ4n) is 9.04. The molecule has 1 heterocycles. The van der Waals surface area contributed by atoms with Crippen LogP contribution < -0.4 is 0 Å². The van der Waals surface area contributed by atoms with Crippen LogP contribution in [0, 0.1) is 47.3 Å². The smallest absolute Gasteiger partial charge is 0.379 e. The summed E-state index contributed by atoms with van der Waals surface area (Å²) < 4.78 is 37.2. The molecule has 0 bridgehead atoms. The number of phosphoric ester groups is 1. The van der Waals surface area contributed by atoms with Crippen LogP contribution in [0.3, 0.4) is 0 Å². The molecule has 59 heavy (non-hydrogen) atoms. The number of rotatable bonds is 40. The zero-order valence-electron chi connectivity index (χ0n) is 41.5. The minimum atomic E-state index is -4.18. The molecule has 0 saturated carbocycles. The van der Waals surface area contributed by atoms with Crippen LogP contribution in [0.15, 0.2) is 0 Å². The fraction of sp³-hybridized carbons (Fsp3) is 1.00. The number of likely N-dealkylation sites (tertiary alicyclic amines) is 1. The van der Waals surface area contributed by atoms with Gasteiger partial charge in [-0.2, -0.15) is 0 Å². The molecule has 0 aromatic heterocycles. The average Bonchev–Trinajstić information content (AvgIpc) is 3.15. The summed E-state index contributed by atoms with van der Waals surface area (Å²) in [6.45, 7) is 28.5. The second kappa shape index (κ2) is 34.4. The lowest BCUT2D eigenvalue weighted by atomic mass is 9.91. The summed E-state index contributed by atoms with van der Waals surface area (Å²) in [5, 5.41) is 0. The summed E-state index contributed by atoms with van der Waals surface area (Å²) >= 11 is 0. The molecular weight excluding hydrogens is 754 g/mol. The van der Waals surface area contributed by atoms with Crippen molar-refractivity contribution in [2.75, 3.05) is 59.7 Å². The summed E-state index contributed by atoms with van der Waals surface area (Å²) in [4.78, 5) is 10.6. The molecular formula is C51H105NO6P+. The maximum Gasteiger partial charge on any atom is 0.472 e. The van der Waals surface area contributed by atoms with Gasteiger partial charge in [0.15, 0.2) is 0 Å². The Morgan fingerprint density at radius 3 is 1.25 bits per heavy atom. The van der Waals surface area contributed by atoms with Crippen LogP contribution in [0.4, 0.5) is 0 Å². The first-order valence-electron chi connectivity index (χ1n) is 25.6. The quantitative estimate of drug-likeness (QED) is 0.0376. The number of phosphoric acid groups is 1. The lowest BCUT2D eigenvalue weighted by Crippen LogP contribution is -2.49. The van der Waals surface area contributed by atoms with Crippen molar-refractivity contribution in [1.82, 2.24) is 0 Å². The number of piperidine rings is 1. The molecule has 0 radical (unpaired) electrons. The zero-order chi connectivity index (χ0) is 43.9. The average molecular weight is 859 g/mol. The van der Waals surface area contributed by atoms with E-state index in [9.17, 15) is 9.46 Å². The van der Waals surface area contributed by atoms with E-state index in [4.69, 9.17) is 18.5 Å². The van der Waals surface area contributed by atoms with Crippen molar-refractivity contribution < 1.29 is 32.5 Å². The monoisotopic (exact) mass is 859 g/mol.